The average Bonchev–Trinajstić information content (AvgIpc) is 2.71. The summed E-state index contributed by atoms with van der Waals surface area (Å²) in [5.41, 5.74) is 1.41. The maximum atomic E-state index is 12.3. The van der Waals surface area contributed by atoms with E-state index in [-0.39, 0.29) is 11.3 Å². The van der Waals surface area contributed by atoms with Gasteiger partial charge in [0.2, 0.25) is 0 Å². The molecule has 16 heavy (non-hydrogen) atoms. The van der Waals surface area contributed by atoms with E-state index in [4.69, 9.17) is 0 Å². The summed E-state index contributed by atoms with van der Waals surface area (Å²) in [5.74, 6) is 1.82. The zero-order chi connectivity index (χ0) is 11.9. The lowest BCUT2D eigenvalue weighted by molar-refractivity contribution is -0.126. The van der Waals surface area contributed by atoms with Gasteiger partial charge in [-0.05, 0) is 37.5 Å². The number of ketones is 1. The molecule has 0 aliphatic heterocycles. The molecule has 0 spiro atoms. The van der Waals surface area contributed by atoms with Crippen molar-refractivity contribution in [1.29, 1.82) is 0 Å². The maximum Gasteiger partial charge on any atom is 0.140 e. The number of rotatable bonds is 3. The van der Waals surface area contributed by atoms with Crippen LogP contribution in [0.1, 0.15) is 40.5 Å². The minimum atomic E-state index is 0.173. The molecule has 0 aromatic heterocycles. The fourth-order valence-corrected chi connectivity index (χ4v) is 3.39. The topological polar surface area (TPSA) is 17.1 Å². The highest BCUT2D eigenvalue weighted by Gasteiger charge is 2.52. The van der Waals surface area contributed by atoms with Gasteiger partial charge in [0.25, 0.3) is 0 Å². The van der Waals surface area contributed by atoms with Crippen molar-refractivity contribution in [1.82, 2.24) is 0 Å². The Kier molecular flexibility index (Phi) is 2.81. The monoisotopic (exact) mass is 218 g/mol. The third-order valence-electron chi connectivity index (χ3n) is 4.36. The molecule has 0 saturated heterocycles. The largest absolute Gasteiger partial charge is 0.299 e. The van der Waals surface area contributed by atoms with Crippen molar-refractivity contribution in [2.75, 3.05) is 0 Å². The molecule has 2 aliphatic rings. The summed E-state index contributed by atoms with van der Waals surface area (Å²) in [5, 5.41) is 0. The lowest BCUT2D eigenvalue weighted by atomic mass is 9.69. The Balaban J connectivity index is 2.13. The van der Waals surface area contributed by atoms with E-state index in [0.29, 0.717) is 24.0 Å². The fraction of sp³-hybridized carbons (Fsp3) is 0.667. The second kappa shape index (κ2) is 3.87. The molecule has 0 heterocycles. The minimum absolute atomic E-state index is 0.173. The van der Waals surface area contributed by atoms with E-state index < -0.39 is 0 Å². The van der Waals surface area contributed by atoms with E-state index in [9.17, 15) is 4.79 Å². The molecule has 88 valence electrons. The first kappa shape index (κ1) is 11.6. The summed E-state index contributed by atoms with van der Waals surface area (Å²) < 4.78 is 0. The molecule has 0 aromatic carbocycles. The van der Waals surface area contributed by atoms with Crippen LogP contribution in [0.4, 0.5) is 0 Å². The summed E-state index contributed by atoms with van der Waals surface area (Å²) in [6.45, 7) is 8.62. The molecule has 2 bridgehead atoms. The Morgan fingerprint density at radius 3 is 2.56 bits per heavy atom. The van der Waals surface area contributed by atoms with Crippen LogP contribution in [0.15, 0.2) is 23.8 Å². The SMILES string of the molecule is CC(C)=CCC(=O)C1C2C=CC(C2)C1(C)C. The van der Waals surface area contributed by atoms with Crippen LogP contribution in [-0.2, 0) is 4.79 Å². The molecule has 1 saturated carbocycles. The second-order valence-corrected chi connectivity index (χ2v) is 6.14. The van der Waals surface area contributed by atoms with Crippen LogP contribution in [0, 0.1) is 23.2 Å². The number of carbonyl (C=O) groups excluding carboxylic acids is 1. The van der Waals surface area contributed by atoms with Crippen LogP contribution in [0.25, 0.3) is 0 Å². The molecule has 1 nitrogen and oxygen atoms in total. The first-order valence-electron chi connectivity index (χ1n) is 6.27. The predicted molar refractivity (Wildman–Crippen MR) is 67.1 cm³/mol. The summed E-state index contributed by atoms with van der Waals surface area (Å²) in [6, 6.07) is 0. The average molecular weight is 218 g/mol. The molecule has 3 unspecified atom stereocenters. The smallest absolute Gasteiger partial charge is 0.140 e. The van der Waals surface area contributed by atoms with Gasteiger partial charge < -0.3 is 0 Å². The Labute approximate surface area is 98.6 Å². The lowest BCUT2D eigenvalue weighted by Gasteiger charge is -2.34. The van der Waals surface area contributed by atoms with Gasteiger partial charge >= 0.3 is 0 Å². The van der Waals surface area contributed by atoms with Gasteiger partial charge in [-0.2, -0.15) is 0 Å². The molecule has 0 radical (unpaired) electrons. The molecule has 0 N–H and O–H groups in total. The van der Waals surface area contributed by atoms with Gasteiger partial charge in [0.1, 0.15) is 5.78 Å². The van der Waals surface area contributed by atoms with Crippen molar-refractivity contribution in [2.45, 2.75) is 40.5 Å². The van der Waals surface area contributed by atoms with E-state index in [0.717, 1.165) is 0 Å². The van der Waals surface area contributed by atoms with E-state index >= 15 is 0 Å². The number of hydrogen-bond donors (Lipinski definition) is 0. The van der Waals surface area contributed by atoms with Crippen LogP contribution in [0.5, 0.6) is 0 Å². The maximum absolute atomic E-state index is 12.3. The van der Waals surface area contributed by atoms with Crippen LogP contribution in [0.3, 0.4) is 0 Å². The first-order valence-corrected chi connectivity index (χ1v) is 6.27. The molecule has 1 heteroatoms. The summed E-state index contributed by atoms with van der Waals surface area (Å²) in [6.07, 6.45) is 8.45. The number of allylic oxidation sites excluding steroid dienone is 4. The highest BCUT2D eigenvalue weighted by molar-refractivity contribution is 5.84. The third-order valence-corrected chi connectivity index (χ3v) is 4.36. The van der Waals surface area contributed by atoms with E-state index in [1.165, 1.54) is 12.0 Å². The van der Waals surface area contributed by atoms with E-state index in [2.05, 4.69) is 45.9 Å². The van der Waals surface area contributed by atoms with Gasteiger partial charge in [-0.15, -0.1) is 0 Å². The van der Waals surface area contributed by atoms with Crippen molar-refractivity contribution >= 4 is 5.78 Å². The highest BCUT2D eigenvalue weighted by atomic mass is 16.1. The van der Waals surface area contributed by atoms with Crippen molar-refractivity contribution in [3.8, 4) is 0 Å². The van der Waals surface area contributed by atoms with Crippen molar-refractivity contribution in [3.05, 3.63) is 23.8 Å². The van der Waals surface area contributed by atoms with Gasteiger partial charge in [-0.3, -0.25) is 4.79 Å². The molecule has 0 aromatic rings. The number of hydrogen-bond acceptors (Lipinski definition) is 1. The Hall–Kier alpha value is -0.850. The summed E-state index contributed by atoms with van der Waals surface area (Å²) >= 11 is 0. The van der Waals surface area contributed by atoms with Gasteiger partial charge in [-0.1, -0.05) is 37.6 Å². The summed E-state index contributed by atoms with van der Waals surface area (Å²) in [7, 11) is 0. The van der Waals surface area contributed by atoms with Gasteiger partial charge in [-0.25, -0.2) is 0 Å². The second-order valence-electron chi connectivity index (χ2n) is 6.14. The first-order chi connectivity index (χ1) is 7.43. The van der Waals surface area contributed by atoms with Gasteiger partial charge in [0, 0.05) is 12.3 Å². The molecule has 0 amide bonds. The van der Waals surface area contributed by atoms with Crippen molar-refractivity contribution < 1.29 is 4.79 Å². The number of fused-ring (bicyclic) bond motifs is 2. The van der Waals surface area contributed by atoms with Gasteiger partial charge in [0.05, 0.1) is 0 Å². The number of carbonyl (C=O) groups is 1. The van der Waals surface area contributed by atoms with E-state index in [1.807, 2.05) is 0 Å². The summed E-state index contributed by atoms with van der Waals surface area (Å²) in [4.78, 5) is 12.3. The van der Waals surface area contributed by atoms with E-state index in [1.54, 1.807) is 0 Å². The Morgan fingerprint density at radius 1 is 1.38 bits per heavy atom. The van der Waals surface area contributed by atoms with Crippen LogP contribution in [-0.4, -0.2) is 5.78 Å². The molecule has 2 aliphatic carbocycles. The predicted octanol–water partition coefficient (Wildman–Crippen LogP) is 3.76. The van der Waals surface area contributed by atoms with Gasteiger partial charge in [0.15, 0.2) is 0 Å². The fourth-order valence-electron chi connectivity index (χ4n) is 3.39. The van der Waals surface area contributed by atoms with Crippen LogP contribution >= 0.6 is 0 Å². The molecule has 2 rings (SSSR count). The molecular formula is C15H22O. The Bertz CT molecular complexity index is 356. The molecule has 3 atom stereocenters. The lowest BCUT2D eigenvalue weighted by Crippen LogP contribution is -2.34. The third kappa shape index (κ3) is 1.77. The zero-order valence-corrected chi connectivity index (χ0v) is 10.8. The number of Topliss-reactive ketones (excluding diaryl/α,β-unsaturated/α-hetero) is 1. The van der Waals surface area contributed by atoms with Crippen LogP contribution < -0.4 is 0 Å². The Morgan fingerprint density at radius 2 is 2.06 bits per heavy atom. The van der Waals surface area contributed by atoms with Crippen molar-refractivity contribution in [2.24, 2.45) is 23.2 Å². The zero-order valence-electron chi connectivity index (χ0n) is 10.8. The standard InChI is InChI=1S/C15H22O/c1-10(2)5-8-13(16)14-11-6-7-12(9-11)15(14,3)4/h5-7,11-12,14H,8-9H2,1-4H3. The molecule has 1 fully saturated rings. The normalized spacial score (nSPS) is 34.1. The van der Waals surface area contributed by atoms with Crippen molar-refractivity contribution in [3.63, 3.8) is 0 Å². The highest BCUT2D eigenvalue weighted by Crippen LogP contribution is 2.56. The van der Waals surface area contributed by atoms with Crippen LogP contribution in [0.2, 0.25) is 0 Å². The quantitative estimate of drug-likeness (QED) is 0.659. The minimum Gasteiger partial charge on any atom is -0.299 e. The molecular weight excluding hydrogens is 196 g/mol.